The topological polar surface area (TPSA) is 32.3 Å². The van der Waals surface area contributed by atoms with E-state index in [2.05, 4.69) is 31.0 Å². The first kappa shape index (κ1) is 14.8. The predicted molar refractivity (Wildman–Crippen MR) is 79.0 cm³/mol. The molecule has 110 valence electrons. The van der Waals surface area contributed by atoms with E-state index in [4.69, 9.17) is 0 Å². The summed E-state index contributed by atoms with van der Waals surface area (Å²) in [4.78, 5) is 14.9. The van der Waals surface area contributed by atoms with E-state index < -0.39 is 0 Å². The second-order valence-corrected chi connectivity index (χ2v) is 7.00. The summed E-state index contributed by atoms with van der Waals surface area (Å²) in [7, 11) is 0. The number of nitrogens with one attached hydrogen (secondary N) is 1. The molecule has 2 rings (SSSR count). The van der Waals surface area contributed by atoms with Crippen LogP contribution in [0.3, 0.4) is 0 Å². The lowest BCUT2D eigenvalue weighted by molar-refractivity contribution is -0.140. The van der Waals surface area contributed by atoms with Crippen LogP contribution < -0.4 is 5.32 Å². The summed E-state index contributed by atoms with van der Waals surface area (Å²) in [6.45, 7) is 9.77. The standard InChI is InChI=1S/C16H30N2O/c1-4-7-16(3)8-5-10-18(12-16)15(19)14-6-9-17-13(2)11-14/h13-14,17H,4-12H2,1-3H3/t13-,14-,16?/m0/s1. The summed E-state index contributed by atoms with van der Waals surface area (Å²) in [5.74, 6) is 0.690. The second kappa shape index (κ2) is 6.25. The molecule has 2 fully saturated rings. The molecule has 0 saturated carbocycles. The number of piperidine rings is 2. The van der Waals surface area contributed by atoms with Gasteiger partial charge < -0.3 is 10.2 Å². The van der Waals surface area contributed by atoms with Gasteiger partial charge in [0.1, 0.15) is 0 Å². The Bertz CT molecular complexity index is 314. The molecular weight excluding hydrogens is 236 g/mol. The lowest BCUT2D eigenvalue weighted by Crippen LogP contribution is -2.49. The third-order valence-corrected chi connectivity index (χ3v) is 4.92. The molecule has 3 heteroatoms. The van der Waals surface area contributed by atoms with Crippen molar-refractivity contribution in [3.8, 4) is 0 Å². The monoisotopic (exact) mass is 266 g/mol. The van der Waals surface area contributed by atoms with Gasteiger partial charge in [-0.25, -0.2) is 0 Å². The molecule has 0 radical (unpaired) electrons. The average molecular weight is 266 g/mol. The maximum atomic E-state index is 12.7. The van der Waals surface area contributed by atoms with Crippen LogP contribution in [-0.4, -0.2) is 36.5 Å². The lowest BCUT2D eigenvalue weighted by atomic mass is 9.77. The first-order valence-corrected chi connectivity index (χ1v) is 8.06. The molecule has 3 nitrogen and oxygen atoms in total. The summed E-state index contributed by atoms with van der Waals surface area (Å²) in [6.07, 6.45) is 6.97. The summed E-state index contributed by atoms with van der Waals surface area (Å²) in [6, 6.07) is 0.495. The number of likely N-dealkylation sites (tertiary alicyclic amines) is 1. The van der Waals surface area contributed by atoms with Crippen molar-refractivity contribution in [3.63, 3.8) is 0 Å². The van der Waals surface area contributed by atoms with Crippen molar-refractivity contribution >= 4 is 5.91 Å². The smallest absolute Gasteiger partial charge is 0.225 e. The van der Waals surface area contributed by atoms with Crippen molar-refractivity contribution in [1.29, 1.82) is 0 Å². The average Bonchev–Trinajstić information content (AvgIpc) is 2.38. The van der Waals surface area contributed by atoms with E-state index >= 15 is 0 Å². The fourth-order valence-corrected chi connectivity index (χ4v) is 3.93. The Labute approximate surface area is 118 Å². The van der Waals surface area contributed by atoms with Gasteiger partial charge in [0.05, 0.1) is 0 Å². The minimum Gasteiger partial charge on any atom is -0.342 e. The van der Waals surface area contributed by atoms with Crippen LogP contribution in [0, 0.1) is 11.3 Å². The molecule has 0 bridgehead atoms. The van der Waals surface area contributed by atoms with Crippen LogP contribution in [0.1, 0.15) is 59.3 Å². The Morgan fingerprint density at radius 2 is 2.26 bits per heavy atom. The Morgan fingerprint density at radius 3 is 2.95 bits per heavy atom. The fourth-order valence-electron chi connectivity index (χ4n) is 3.93. The van der Waals surface area contributed by atoms with E-state index in [0.29, 0.717) is 17.4 Å². The molecule has 2 aliphatic rings. The highest BCUT2D eigenvalue weighted by molar-refractivity contribution is 5.79. The Hall–Kier alpha value is -0.570. The zero-order valence-corrected chi connectivity index (χ0v) is 12.9. The Kier molecular flexibility index (Phi) is 4.88. The maximum Gasteiger partial charge on any atom is 0.225 e. The SMILES string of the molecule is CCCC1(C)CCCN(C(=O)[C@H]2CCN[C@@H](C)C2)C1. The first-order chi connectivity index (χ1) is 9.04. The van der Waals surface area contributed by atoms with Crippen molar-refractivity contribution in [1.82, 2.24) is 10.2 Å². The predicted octanol–water partition coefficient (Wildman–Crippen LogP) is 2.80. The summed E-state index contributed by atoms with van der Waals surface area (Å²) >= 11 is 0. The molecule has 1 amide bonds. The number of carbonyl (C=O) groups is 1. The molecule has 2 saturated heterocycles. The molecule has 2 aliphatic heterocycles. The zero-order chi connectivity index (χ0) is 13.9. The van der Waals surface area contributed by atoms with Gasteiger partial charge in [0.15, 0.2) is 0 Å². The highest BCUT2D eigenvalue weighted by Gasteiger charge is 2.35. The van der Waals surface area contributed by atoms with Gasteiger partial charge >= 0.3 is 0 Å². The van der Waals surface area contributed by atoms with Gasteiger partial charge in [0.25, 0.3) is 0 Å². The Morgan fingerprint density at radius 1 is 1.47 bits per heavy atom. The van der Waals surface area contributed by atoms with E-state index in [1.165, 1.54) is 25.7 Å². The highest BCUT2D eigenvalue weighted by atomic mass is 16.2. The first-order valence-electron chi connectivity index (χ1n) is 8.06. The van der Waals surface area contributed by atoms with Crippen LogP contribution in [0.4, 0.5) is 0 Å². The van der Waals surface area contributed by atoms with E-state index in [9.17, 15) is 4.79 Å². The number of rotatable bonds is 3. The molecule has 0 spiro atoms. The van der Waals surface area contributed by atoms with E-state index in [-0.39, 0.29) is 5.92 Å². The largest absolute Gasteiger partial charge is 0.342 e. The summed E-state index contributed by atoms with van der Waals surface area (Å²) in [5, 5.41) is 3.44. The zero-order valence-electron chi connectivity index (χ0n) is 12.9. The third-order valence-electron chi connectivity index (χ3n) is 4.92. The number of amides is 1. The van der Waals surface area contributed by atoms with Crippen molar-refractivity contribution in [2.24, 2.45) is 11.3 Å². The van der Waals surface area contributed by atoms with Crippen LogP contribution in [-0.2, 0) is 4.79 Å². The van der Waals surface area contributed by atoms with E-state index in [1.54, 1.807) is 0 Å². The molecule has 0 aromatic rings. The molecule has 0 aromatic carbocycles. The van der Waals surface area contributed by atoms with Crippen LogP contribution in [0.15, 0.2) is 0 Å². The molecular formula is C16H30N2O. The number of carbonyl (C=O) groups excluding carboxylic acids is 1. The summed E-state index contributed by atoms with van der Waals surface area (Å²) < 4.78 is 0. The summed E-state index contributed by atoms with van der Waals surface area (Å²) in [5.41, 5.74) is 0.362. The van der Waals surface area contributed by atoms with Crippen LogP contribution in [0.25, 0.3) is 0 Å². The van der Waals surface area contributed by atoms with Crippen molar-refractivity contribution in [3.05, 3.63) is 0 Å². The number of hydrogen-bond acceptors (Lipinski definition) is 2. The van der Waals surface area contributed by atoms with Crippen molar-refractivity contribution in [2.45, 2.75) is 65.3 Å². The minimum absolute atomic E-state index is 0.264. The second-order valence-electron chi connectivity index (χ2n) is 7.00. The lowest BCUT2D eigenvalue weighted by Gasteiger charge is -2.42. The molecule has 0 aliphatic carbocycles. The molecule has 2 heterocycles. The molecule has 0 aromatic heterocycles. The fraction of sp³-hybridized carbons (Fsp3) is 0.938. The molecule has 3 atom stereocenters. The van der Waals surface area contributed by atoms with Crippen molar-refractivity contribution < 1.29 is 4.79 Å². The number of hydrogen-bond donors (Lipinski definition) is 1. The minimum atomic E-state index is 0.264. The molecule has 1 unspecified atom stereocenters. The van der Waals surface area contributed by atoms with Crippen LogP contribution in [0.5, 0.6) is 0 Å². The van der Waals surface area contributed by atoms with Gasteiger partial charge in [0.2, 0.25) is 5.91 Å². The number of nitrogens with zero attached hydrogens (tertiary/aromatic N) is 1. The quantitative estimate of drug-likeness (QED) is 0.852. The molecule has 19 heavy (non-hydrogen) atoms. The van der Waals surface area contributed by atoms with Gasteiger partial charge in [-0.15, -0.1) is 0 Å². The van der Waals surface area contributed by atoms with Gasteiger partial charge in [-0.3, -0.25) is 4.79 Å². The molecule has 1 N–H and O–H groups in total. The maximum absolute atomic E-state index is 12.7. The van der Waals surface area contributed by atoms with E-state index in [1.807, 2.05) is 0 Å². The Balaban J connectivity index is 1.94. The van der Waals surface area contributed by atoms with Crippen LogP contribution in [0.2, 0.25) is 0 Å². The van der Waals surface area contributed by atoms with Gasteiger partial charge in [0, 0.05) is 25.0 Å². The van der Waals surface area contributed by atoms with Crippen LogP contribution >= 0.6 is 0 Å². The van der Waals surface area contributed by atoms with Gasteiger partial charge in [-0.1, -0.05) is 20.3 Å². The third kappa shape index (κ3) is 3.71. The normalized spacial score (nSPS) is 36.3. The van der Waals surface area contributed by atoms with Crippen molar-refractivity contribution in [2.75, 3.05) is 19.6 Å². The van der Waals surface area contributed by atoms with Gasteiger partial charge in [-0.2, -0.15) is 0 Å². The van der Waals surface area contributed by atoms with E-state index in [0.717, 1.165) is 32.5 Å². The highest BCUT2D eigenvalue weighted by Crippen LogP contribution is 2.35. The van der Waals surface area contributed by atoms with Gasteiger partial charge in [-0.05, 0) is 51.0 Å².